The van der Waals surface area contributed by atoms with E-state index in [1.165, 1.54) is 11.3 Å². The number of carbonyl (C=O) groups is 1. The minimum absolute atomic E-state index is 0.0201. The van der Waals surface area contributed by atoms with Crippen molar-refractivity contribution < 1.29 is 4.79 Å². The minimum Gasteiger partial charge on any atom is -0.398 e. The van der Waals surface area contributed by atoms with Crippen LogP contribution in [0.3, 0.4) is 0 Å². The minimum atomic E-state index is -0.188. The average Bonchev–Trinajstić information content (AvgIpc) is 2.81. The van der Waals surface area contributed by atoms with E-state index < -0.39 is 0 Å². The van der Waals surface area contributed by atoms with E-state index in [9.17, 15) is 4.79 Å². The number of aryl methyl sites for hydroxylation is 1. The van der Waals surface area contributed by atoms with Gasteiger partial charge in [0.1, 0.15) is 0 Å². The summed E-state index contributed by atoms with van der Waals surface area (Å²) in [5, 5.41) is 5.39. The van der Waals surface area contributed by atoms with E-state index in [0.717, 1.165) is 11.3 Å². The van der Waals surface area contributed by atoms with Crippen LogP contribution in [0.4, 0.5) is 10.8 Å². The zero-order valence-electron chi connectivity index (χ0n) is 12.2. The highest BCUT2D eigenvalue weighted by atomic mass is 32.1. The van der Waals surface area contributed by atoms with Crippen LogP contribution in [-0.4, -0.2) is 10.9 Å². The fraction of sp³-hybridized carbons (Fsp3) is 0.333. The van der Waals surface area contributed by atoms with Crippen LogP contribution >= 0.6 is 11.3 Å². The highest BCUT2D eigenvalue weighted by Gasteiger charge is 2.18. The van der Waals surface area contributed by atoms with Gasteiger partial charge in [-0.2, -0.15) is 0 Å². The van der Waals surface area contributed by atoms with Crippen LogP contribution < -0.4 is 11.1 Å². The molecule has 0 bridgehead atoms. The number of carbonyl (C=O) groups excluding carboxylic acids is 1. The SMILES string of the molecule is Cc1ccc(C(=O)Nc2nc(C(C)(C)C)cs2)cc1N. The number of aromatic nitrogens is 1. The third-order valence-corrected chi connectivity index (χ3v) is 3.79. The lowest BCUT2D eigenvalue weighted by Crippen LogP contribution is -2.14. The van der Waals surface area contributed by atoms with Crippen molar-refractivity contribution in [3.8, 4) is 0 Å². The molecule has 0 aliphatic heterocycles. The number of thiazole rings is 1. The quantitative estimate of drug-likeness (QED) is 0.830. The standard InChI is InChI=1S/C15H19N3OS/c1-9-5-6-10(7-11(9)16)13(19)18-14-17-12(8-20-14)15(2,3)4/h5-8H,16H2,1-4H3,(H,17,18,19). The Kier molecular flexibility index (Phi) is 3.81. The van der Waals surface area contributed by atoms with E-state index in [-0.39, 0.29) is 11.3 Å². The first-order valence-corrected chi connectivity index (χ1v) is 7.29. The predicted octanol–water partition coefficient (Wildman–Crippen LogP) is 3.58. The van der Waals surface area contributed by atoms with Crippen LogP contribution in [-0.2, 0) is 5.41 Å². The Balaban J connectivity index is 2.15. The maximum Gasteiger partial charge on any atom is 0.257 e. The molecular weight excluding hydrogens is 270 g/mol. The Morgan fingerprint density at radius 2 is 2.05 bits per heavy atom. The van der Waals surface area contributed by atoms with Crippen LogP contribution in [0.1, 0.15) is 42.4 Å². The fourth-order valence-corrected chi connectivity index (χ4v) is 2.56. The number of amides is 1. The normalized spacial score (nSPS) is 11.4. The second kappa shape index (κ2) is 5.25. The number of nitrogens with one attached hydrogen (secondary N) is 1. The van der Waals surface area contributed by atoms with E-state index in [1.807, 2.05) is 18.4 Å². The van der Waals surface area contributed by atoms with E-state index in [1.54, 1.807) is 12.1 Å². The summed E-state index contributed by atoms with van der Waals surface area (Å²) < 4.78 is 0. The average molecular weight is 289 g/mol. The van der Waals surface area contributed by atoms with Gasteiger partial charge in [-0.05, 0) is 24.6 Å². The Labute approximate surface area is 123 Å². The summed E-state index contributed by atoms with van der Waals surface area (Å²) in [5.74, 6) is -0.188. The smallest absolute Gasteiger partial charge is 0.257 e. The highest BCUT2D eigenvalue weighted by Crippen LogP contribution is 2.26. The molecular formula is C15H19N3OS. The van der Waals surface area contributed by atoms with Crippen molar-refractivity contribution >= 4 is 28.1 Å². The topological polar surface area (TPSA) is 68.0 Å². The summed E-state index contributed by atoms with van der Waals surface area (Å²) in [4.78, 5) is 16.6. The van der Waals surface area contributed by atoms with Gasteiger partial charge in [-0.3, -0.25) is 10.1 Å². The van der Waals surface area contributed by atoms with Gasteiger partial charge in [0.2, 0.25) is 0 Å². The van der Waals surface area contributed by atoms with E-state index in [0.29, 0.717) is 16.4 Å². The zero-order valence-corrected chi connectivity index (χ0v) is 13.0. The largest absolute Gasteiger partial charge is 0.398 e. The second-order valence-electron chi connectivity index (χ2n) is 5.81. The molecule has 106 valence electrons. The number of nitrogens with zero attached hydrogens (tertiary/aromatic N) is 1. The number of benzene rings is 1. The van der Waals surface area contributed by atoms with Crippen molar-refractivity contribution in [3.05, 3.63) is 40.4 Å². The molecule has 0 radical (unpaired) electrons. The summed E-state index contributed by atoms with van der Waals surface area (Å²) in [5.41, 5.74) is 8.90. The zero-order chi connectivity index (χ0) is 14.9. The number of anilines is 2. The lowest BCUT2D eigenvalue weighted by Gasteiger charge is -2.14. The van der Waals surface area contributed by atoms with E-state index >= 15 is 0 Å². The number of hydrogen-bond donors (Lipinski definition) is 2. The van der Waals surface area contributed by atoms with Crippen LogP contribution in [0.15, 0.2) is 23.6 Å². The molecule has 1 aromatic heterocycles. The van der Waals surface area contributed by atoms with Crippen LogP contribution in [0.2, 0.25) is 0 Å². The van der Waals surface area contributed by atoms with Crippen molar-refractivity contribution in [1.82, 2.24) is 4.98 Å². The summed E-state index contributed by atoms with van der Waals surface area (Å²) in [6.07, 6.45) is 0. The number of nitrogens with two attached hydrogens (primary N) is 1. The summed E-state index contributed by atoms with van der Waals surface area (Å²) in [6, 6.07) is 5.29. The molecule has 0 aliphatic rings. The van der Waals surface area contributed by atoms with Gasteiger partial charge >= 0.3 is 0 Å². The monoisotopic (exact) mass is 289 g/mol. The molecule has 0 atom stereocenters. The molecule has 5 heteroatoms. The molecule has 0 saturated carbocycles. The van der Waals surface area contributed by atoms with Gasteiger partial charge in [-0.25, -0.2) is 4.98 Å². The van der Waals surface area contributed by atoms with Gasteiger partial charge in [0, 0.05) is 22.0 Å². The van der Waals surface area contributed by atoms with Gasteiger partial charge < -0.3 is 5.73 Å². The molecule has 3 N–H and O–H groups in total. The molecule has 0 saturated heterocycles. The molecule has 2 aromatic rings. The molecule has 0 fully saturated rings. The summed E-state index contributed by atoms with van der Waals surface area (Å²) >= 11 is 1.43. The lowest BCUT2D eigenvalue weighted by atomic mass is 9.93. The second-order valence-corrected chi connectivity index (χ2v) is 6.67. The molecule has 1 amide bonds. The van der Waals surface area contributed by atoms with E-state index in [2.05, 4.69) is 31.1 Å². The Morgan fingerprint density at radius 3 is 2.60 bits per heavy atom. The van der Waals surface area contributed by atoms with Crippen molar-refractivity contribution in [2.45, 2.75) is 33.1 Å². The van der Waals surface area contributed by atoms with Gasteiger partial charge in [0.15, 0.2) is 5.13 Å². The van der Waals surface area contributed by atoms with Crippen molar-refractivity contribution in [3.63, 3.8) is 0 Å². The third kappa shape index (κ3) is 3.17. The van der Waals surface area contributed by atoms with Gasteiger partial charge in [0.25, 0.3) is 5.91 Å². The third-order valence-electron chi connectivity index (χ3n) is 3.03. The van der Waals surface area contributed by atoms with E-state index in [4.69, 9.17) is 5.73 Å². The Morgan fingerprint density at radius 1 is 1.35 bits per heavy atom. The fourth-order valence-electron chi connectivity index (χ4n) is 1.63. The molecule has 1 aromatic carbocycles. The van der Waals surface area contributed by atoms with Gasteiger partial charge in [-0.15, -0.1) is 11.3 Å². The first kappa shape index (κ1) is 14.5. The van der Waals surface area contributed by atoms with Gasteiger partial charge in [0.05, 0.1) is 5.69 Å². The van der Waals surface area contributed by atoms with Crippen molar-refractivity contribution in [1.29, 1.82) is 0 Å². The summed E-state index contributed by atoms with van der Waals surface area (Å²) in [6.45, 7) is 8.18. The Hall–Kier alpha value is -1.88. The number of nitrogen functional groups attached to an aromatic ring is 1. The molecule has 0 unspecified atom stereocenters. The van der Waals surface area contributed by atoms with Gasteiger partial charge in [-0.1, -0.05) is 26.8 Å². The lowest BCUT2D eigenvalue weighted by molar-refractivity contribution is 0.102. The number of hydrogen-bond acceptors (Lipinski definition) is 4. The summed E-state index contributed by atoms with van der Waals surface area (Å²) in [7, 11) is 0. The maximum atomic E-state index is 12.1. The molecule has 1 heterocycles. The highest BCUT2D eigenvalue weighted by molar-refractivity contribution is 7.14. The molecule has 0 spiro atoms. The Bertz CT molecular complexity index is 641. The van der Waals surface area contributed by atoms with Crippen LogP contribution in [0.5, 0.6) is 0 Å². The molecule has 0 aliphatic carbocycles. The predicted molar refractivity (Wildman–Crippen MR) is 84.4 cm³/mol. The number of rotatable bonds is 2. The molecule has 4 nitrogen and oxygen atoms in total. The van der Waals surface area contributed by atoms with Crippen LogP contribution in [0, 0.1) is 6.92 Å². The van der Waals surface area contributed by atoms with Crippen LogP contribution in [0.25, 0.3) is 0 Å². The molecule has 20 heavy (non-hydrogen) atoms. The maximum absolute atomic E-state index is 12.1. The first-order valence-electron chi connectivity index (χ1n) is 6.41. The van der Waals surface area contributed by atoms with Crippen molar-refractivity contribution in [2.75, 3.05) is 11.1 Å². The van der Waals surface area contributed by atoms with Crippen molar-refractivity contribution in [2.24, 2.45) is 0 Å². The first-order chi connectivity index (χ1) is 9.27. The molecule has 2 rings (SSSR count).